The number of carbonyl (C=O) groups is 3. The first-order chi connectivity index (χ1) is 14.9. The van der Waals surface area contributed by atoms with Crippen molar-refractivity contribution in [2.24, 2.45) is 0 Å². The van der Waals surface area contributed by atoms with Gasteiger partial charge in [-0.1, -0.05) is 12.1 Å². The third-order valence-corrected chi connectivity index (χ3v) is 5.40. The molecule has 1 aliphatic heterocycles. The lowest BCUT2D eigenvalue weighted by Gasteiger charge is -2.27. The number of nitrogens with zero attached hydrogens (tertiary/aromatic N) is 2. The zero-order chi connectivity index (χ0) is 22.4. The number of carbonyl (C=O) groups excluding carboxylic acids is 3. The molecular weight excluding hydrogens is 392 g/mol. The van der Waals surface area contributed by atoms with Crippen LogP contribution < -0.4 is 15.5 Å². The number of benzene rings is 2. The molecule has 1 fully saturated rings. The van der Waals surface area contributed by atoms with Crippen LogP contribution in [0.25, 0.3) is 0 Å². The highest BCUT2D eigenvalue weighted by Gasteiger charge is 2.22. The summed E-state index contributed by atoms with van der Waals surface area (Å²) in [5, 5.41) is 5.63. The third kappa shape index (κ3) is 5.63. The highest BCUT2D eigenvalue weighted by atomic mass is 16.2. The Morgan fingerprint density at radius 3 is 2.29 bits per heavy atom. The van der Waals surface area contributed by atoms with Gasteiger partial charge < -0.3 is 20.4 Å². The number of rotatable bonds is 7. The van der Waals surface area contributed by atoms with E-state index in [-0.39, 0.29) is 24.3 Å². The maximum atomic E-state index is 12.5. The van der Waals surface area contributed by atoms with Crippen molar-refractivity contribution in [3.05, 3.63) is 65.2 Å². The molecule has 7 heteroatoms. The van der Waals surface area contributed by atoms with Crippen molar-refractivity contribution < 1.29 is 14.4 Å². The molecular formula is C24H30N4O3. The first kappa shape index (κ1) is 22.3. The van der Waals surface area contributed by atoms with Gasteiger partial charge in [0.25, 0.3) is 11.8 Å². The Labute approximate surface area is 183 Å². The average Bonchev–Trinajstić information content (AvgIpc) is 2.78. The fraction of sp³-hybridized carbons (Fsp3) is 0.375. The molecule has 3 rings (SSSR count). The third-order valence-electron chi connectivity index (χ3n) is 5.40. The van der Waals surface area contributed by atoms with Crippen LogP contribution in [0.1, 0.15) is 47.1 Å². The van der Waals surface area contributed by atoms with Crippen LogP contribution in [-0.4, -0.2) is 54.8 Å². The van der Waals surface area contributed by atoms with Gasteiger partial charge in [0, 0.05) is 49.0 Å². The maximum absolute atomic E-state index is 12.5. The first-order valence-electron chi connectivity index (χ1n) is 10.7. The van der Waals surface area contributed by atoms with Crippen LogP contribution in [0.4, 0.5) is 5.69 Å². The Balaban J connectivity index is 1.55. The fourth-order valence-corrected chi connectivity index (χ4v) is 3.69. The smallest absolute Gasteiger partial charge is 0.254 e. The van der Waals surface area contributed by atoms with Gasteiger partial charge in [-0.05, 0) is 62.7 Å². The zero-order valence-corrected chi connectivity index (χ0v) is 18.4. The van der Waals surface area contributed by atoms with Crippen LogP contribution in [0.5, 0.6) is 0 Å². The predicted octanol–water partition coefficient (Wildman–Crippen LogP) is 2.42. The van der Waals surface area contributed by atoms with E-state index in [9.17, 15) is 14.4 Å². The average molecular weight is 423 g/mol. The van der Waals surface area contributed by atoms with Gasteiger partial charge in [-0.3, -0.25) is 14.4 Å². The molecule has 1 aliphatic rings. The molecule has 0 spiro atoms. The molecule has 1 heterocycles. The lowest BCUT2D eigenvalue weighted by Crippen LogP contribution is -2.49. The van der Waals surface area contributed by atoms with E-state index >= 15 is 0 Å². The van der Waals surface area contributed by atoms with Crippen molar-refractivity contribution >= 4 is 23.4 Å². The molecule has 164 valence electrons. The number of nitrogens with one attached hydrogen (secondary N) is 2. The summed E-state index contributed by atoms with van der Waals surface area (Å²) in [5.74, 6) is -0.440. The van der Waals surface area contributed by atoms with E-state index in [2.05, 4.69) is 36.3 Å². The molecule has 0 aliphatic carbocycles. The Bertz CT molecular complexity index is 923. The zero-order valence-electron chi connectivity index (χ0n) is 18.4. The van der Waals surface area contributed by atoms with Gasteiger partial charge in [0.1, 0.15) is 0 Å². The predicted molar refractivity (Wildman–Crippen MR) is 121 cm³/mol. The van der Waals surface area contributed by atoms with E-state index in [0.29, 0.717) is 36.8 Å². The molecule has 0 radical (unpaired) electrons. The normalized spacial score (nSPS) is 13.7. The molecule has 0 aromatic heterocycles. The van der Waals surface area contributed by atoms with Gasteiger partial charge in [-0.2, -0.15) is 0 Å². The minimum absolute atomic E-state index is 0.0859. The van der Waals surface area contributed by atoms with Gasteiger partial charge in [-0.15, -0.1) is 0 Å². The quantitative estimate of drug-likeness (QED) is 0.718. The fourth-order valence-electron chi connectivity index (χ4n) is 3.69. The molecule has 3 amide bonds. The summed E-state index contributed by atoms with van der Waals surface area (Å²) in [6.45, 7) is 8.75. The lowest BCUT2D eigenvalue weighted by molar-refractivity contribution is -0.123. The molecule has 2 aromatic carbocycles. The molecule has 1 saturated heterocycles. The van der Waals surface area contributed by atoms with Crippen molar-refractivity contribution in [2.45, 2.75) is 33.4 Å². The van der Waals surface area contributed by atoms with Gasteiger partial charge in [0.05, 0.1) is 6.54 Å². The van der Waals surface area contributed by atoms with Crippen molar-refractivity contribution in [2.75, 3.05) is 31.1 Å². The van der Waals surface area contributed by atoms with E-state index in [4.69, 9.17) is 0 Å². The van der Waals surface area contributed by atoms with Crippen LogP contribution in [0, 0.1) is 0 Å². The van der Waals surface area contributed by atoms with E-state index in [1.165, 1.54) is 4.90 Å². The van der Waals surface area contributed by atoms with Crippen LogP contribution in [0.15, 0.2) is 48.5 Å². The van der Waals surface area contributed by atoms with Crippen molar-refractivity contribution in [3.8, 4) is 0 Å². The molecule has 2 aromatic rings. The largest absolute Gasteiger partial charge is 0.369 e. The summed E-state index contributed by atoms with van der Waals surface area (Å²) in [5.41, 5.74) is 3.14. The molecule has 0 atom stereocenters. The standard InChI is InChI=1S/C24H30N4O3/c1-4-28(17(2)3)21-11-9-19(10-12-21)23(30)26-15-18-5-7-20(8-6-18)24(31)27-14-13-25-22(29)16-27/h5-12,17H,4,13-16H2,1-3H3,(H,25,29)(H,26,30). The minimum Gasteiger partial charge on any atom is -0.369 e. The number of amides is 3. The van der Waals surface area contributed by atoms with Crippen LogP contribution >= 0.6 is 0 Å². The molecule has 0 bridgehead atoms. The molecule has 31 heavy (non-hydrogen) atoms. The Morgan fingerprint density at radius 1 is 1.06 bits per heavy atom. The van der Waals surface area contributed by atoms with E-state index in [1.807, 2.05) is 36.4 Å². The van der Waals surface area contributed by atoms with Crippen molar-refractivity contribution in [3.63, 3.8) is 0 Å². The molecule has 0 unspecified atom stereocenters. The maximum Gasteiger partial charge on any atom is 0.254 e. The summed E-state index contributed by atoms with van der Waals surface area (Å²) in [7, 11) is 0. The lowest BCUT2D eigenvalue weighted by atomic mass is 10.1. The van der Waals surface area contributed by atoms with Gasteiger partial charge in [-0.25, -0.2) is 0 Å². The number of anilines is 1. The van der Waals surface area contributed by atoms with Gasteiger partial charge >= 0.3 is 0 Å². The minimum atomic E-state index is -0.159. The summed E-state index contributed by atoms with van der Waals surface area (Å²) < 4.78 is 0. The van der Waals surface area contributed by atoms with E-state index in [1.54, 1.807) is 12.1 Å². The molecule has 0 saturated carbocycles. The first-order valence-corrected chi connectivity index (χ1v) is 10.7. The van der Waals surface area contributed by atoms with E-state index < -0.39 is 0 Å². The topological polar surface area (TPSA) is 81.8 Å². The summed E-state index contributed by atoms with van der Waals surface area (Å²) in [6, 6.07) is 15.1. The Morgan fingerprint density at radius 2 is 1.71 bits per heavy atom. The second-order valence-corrected chi connectivity index (χ2v) is 7.88. The highest BCUT2D eigenvalue weighted by molar-refractivity contribution is 5.97. The second-order valence-electron chi connectivity index (χ2n) is 7.88. The molecule has 2 N–H and O–H groups in total. The summed E-state index contributed by atoms with van der Waals surface area (Å²) in [6.07, 6.45) is 0. The van der Waals surface area contributed by atoms with Gasteiger partial charge in [0.15, 0.2) is 0 Å². The number of piperazine rings is 1. The Hall–Kier alpha value is -3.35. The number of hydrogen-bond donors (Lipinski definition) is 2. The van der Waals surface area contributed by atoms with Crippen molar-refractivity contribution in [1.82, 2.24) is 15.5 Å². The highest BCUT2D eigenvalue weighted by Crippen LogP contribution is 2.18. The Kier molecular flexibility index (Phi) is 7.28. The van der Waals surface area contributed by atoms with Crippen LogP contribution in [0.3, 0.4) is 0 Å². The number of hydrogen-bond acceptors (Lipinski definition) is 4. The summed E-state index contributed by atoms with van der Waals surface area (Å²) >= 11 is 0. The van der Waals surface area contributed by atoms with Crippen LogP contribution in [-0.2, 0) is 11.3 Å². The van der Waals surface area contributed by atoms with E-state index in [0.717, 1.165) is 17.8 Å². The molecule has 7 nitrogen and oxygen atoms in total. The monoisotopic (exact) mass is 422 g/mol. The SMILES string of the molecule is CCN(c1ccc(C(=O)NCc2ccc(C(=O)N3CCNC(=O)C3)cc2)cc1)C(C)C. The van der Waals surface area contributed by atoms with Crippen molar-refractivity contribution in [1.29, 1.82) is 0 Å². The second kappa shape index (κ2) is 10.1. The van der Waals surface area contributed by atoms with Gasteiger partial charge in [0.2, 0.25) is 5.91 Å². The van der Waals surface area contributed by atoms with Crippen LogP contribution in [0.2, 0.25) is 0 Å². The summed E-state index contributed by atoms with van der Waals surface area (Å²) in [4.78, 5) is 40.3.